The fraction of sp³-hybridized carbons (Fsp3) is 0. The lowest BCUT2D eigenvalue weighted by Crippen LogP contribution is -2.02. The summed E-state index contributed by atoms with van der Waals surface area (Å²) in [6, 6.07) is 12.0. The van der Waals surface area contributed by atoms with Crippen LogP contribution in [0.3, 0.4) is 0 Å². The molecule has 0 bridgehead atoms. The zero-order valence-electron chi connectivity index (χ0n) is 20.5. The number of hydrogen-bond acceptors (Lipinski definition) is 12. The van der Waals surface area contributed by atoms with Gasteiger partial charge in [-0.1, -0.05) is 12.1 Å². The fourth-order valence-corrected chi connectivity index (χ4v) is 5.48. The number of fused-ring (bicyclic) bond motifs is 1. The molecular weight excluding hydrogens is 620 g/mol. The Bertz CT molecular complexity index is 2150. The number of carboxylic acid groups (broad SMARTS) is 1. The van der Waals surface area contributed by atoms with Crippen LogP contribution in [0.2, 0.25) is 0 Å². The molecule has 0 atom stereocenters. The van der Waals surface area contributed by atoms with E-state index in [4.69, 9.17) is 4.55 Å². The number of carbonyl (C=O) groups is 1. The van der Waals surface area contributed by atoms with Crippen LogP contribution in [-0.4, -0.2) is 55.1 Å². The zero-order valence-corrected chi connectivity index (χ0v) is 22.9. The number of rotatable bonds is 8. The Hall–Kier alpha value is -4.66. The summed E-state index contributed by atoms with van der Waals surface area (Å²) in [4.78, 5) is 9.70. The van der Waals surface area contributed by atoms with Gasteiger partial charge in [-0.15, -0.1) is 10.2 Å². The van der Waals surface area contributed by atoms with Crippen LogP contribution in [0, 0.1) is 0 Å². The highest BCUT2D eigenvalue weighted by Crippen LogP contribution is 2.44. The third-order valence-corrected chi connectivity index (χ3v) is 8.11. The number of hydrogen-bond donors (Lipinski definition) is 5. The average molecular weight is 637 g/mol. The molecule has 0 saturated carbocycles. The molecule has 4 rings (SSSR count). The molecule has 0 amide bonds. The van der Waals surface area contributed by atoms with E-state index in [-0.39, 0.29) is 27.3 Å². The first kappa shape index (κ1) is 30.3. The maximum atomic E-state index is 12.0. The van der Waals surface area contributed by atoms with Gasteiger partial charge in [0, 0.05) is 5.39 Å². The van der Waals surface area contributed by atoms with Gasteiger partial charge in [0.2, 0.25) is 0 Å². The highest BCUT2D eigenvalue weighted by Gasteiger charge is 2.26. The molecule has 16 nitrogen and oxygen atoms in total. The van der Waals surface area contributed by atoms with E-state index in [0.717, 1.165) is 42.5 Å². The lowest BCUT2D eigenvalue weighted by Gasteiger charge is -2.11. The molecule has 4 aromatic carbocycles. The summed E-state index contributed by atoms with van der Waals surface area (Å²) < 4.78 is 98.3. The summed E-state index contributed by atoms with van der Waals surface area (Å²) in [5, 5.41) is 34.6. The molecule has 5 N–H and O–H groups in total. The van der Waals surface area contributed by atoms with E-state index in [2.05, 4.69) is 20.5 Å². The molecule has 0 aromatic heterocycles. The number of phenols is 1. The van der Waals surface area contributed by atoms with E-state index in [1.165, 1.54) is 24.3 Å². The van der Waals surface area contributed by atoms with Crippen molar-refractivity contribution in [2.45, 2.75) is 14.7 Å². The number of aromatic carboxylic acids is 1. The molecule has 19 heteroatoms. The molecule has 218 valence electrons. The van der Waals surface area contributed by atoms with Crippen molar-refractivity contribution in [3.8, 4) is 5.75 Å². The SMILES string of the molecule is O=C(O)c1cc(N=Nc2ccc(S(=O)(=O)O)cc2)ccc1N=Nc1c(S(=O)(=O)O)cc2cccc(S(=O)(=O)O)c2c1O. The standard InChI is InChI=1S/C23H16N4O12S3/c28-22-20-12(2-1-3-18(20)41(34,35)36)10-19(42(37,38)39)21(22)27-26-17-9-6-14(11-16(17)23(29)30)25-24-13-4-7-15(8-5-13)40(31,32)33/h1-11,28H,(H,29,30)(H,31,32,33)(H,34,35,36)(H,37,38,39). The van der Waals surface area contributed by atoms with Crippen molar-refractivity contribution in [1.29, 1.82) is 0 Å². The Labute approximate surface area is 236 Å². The van der Waals surface area contributed by atoms with Crippen molar-refractivity contribution in [3.05, 3.63) is 72.3 Å². The second-order valence-electron chi connectivity index (χ2n) is 8.25. The quantitative estimate of drug-likeness (QED) is 0.129. The molecule has 0 unspecified atom stereocenters. The van der Waals surface area contributed by atoms with Gasteiger partial charge in [0.15, 0.2) is 5.75 Å². The lowest BCUT2D eigenvalue weighted by atomic mass is 10.1. The molecule has 0 spiro atoms. The first-order valence-electron chi connectivity index (χ1n) is 11.0. The average Bonchev–Trinajstić information content (AvgIpc) is 2.89. The molecule has 0 fully saturated rings. The predicted molar refractivity (Wildman–Crippen MR) is 143 cm³/mol. The summed E-state index contributed by atoms with van der Waals surface area (Å²) in [6.45, 7) is 0. The van der Waals surface area contributed by atoms with E-state index in [0.29, 0.717) is 0 Å². The molecular formula is C23H16N4O12S3. The summed E-state index contributed by atoms with van der Waals surface area (Å²) in [7, 11) is -14.4. The van der Waals surface area contributed by atoms with Gasteiger partial charge in [0.1, 0.15) is 21.2 Å². The van der Waals surface area contributed by atoms with Gasteiger partial charge in [-0.2, -0.15) is 35.5 Å². The number of phenolic OH excluding ortho intramolecular Hbond substituents is 1. The van der Waals surface area contributed by atoms with Gasteiger partial charge in [0.25, 0.3) is 30.4 Å². The van der Waals surface area contributed by atoms with Crippen LogP contribution in [0.25, 0.3) is 10.8 Å². The number of aromatic hydroxyl groups is 1. The zero-order chi connectivity index (χ0) is 31.0. The van der Waals surface area contributed by atoms with Crippen LogP contribution in [0.1, 0.15) is 10.4 Å². The Morgan fingerprint density at radius 3 is 1.81 bits per heavy atom. The van der Waals surface area contributed by atoms with Crippen molar-refractivity contribution >= 4 is 69.8 Å². The lowest BCUT2D eigenvalue weighted by molar-refractivity contribution is 0.0697. The third-order valence-electron chi connectivity index (χ3n) is 5.48. The molecule has 0 aliphatic rings. The van der Waals surface area contributed by atoms with Crippen LogP contribution in [0.4, 0.5) is 22.7 Å². The minimum absolute atomic E-state index is 0.0184. The highest BCUT2D eigenvalue weighted by molar-refractivity contribution is 7.86. The number of benzene rings is 4. The Morgan fingerprint density at radius 1 is 0.643 bits per heavy atom. The first-order chi connectivity index (χ1) is 19.5. The van der Waals surface area contributed by atoms with Crippen LogP contribution < -0.4 is 0 Å². The molecule has 0 saturated heterocycles. The highest BCUT2D eigenvalue weighted by atomic mass is 32.2. The van der Waals surface area contributed by atoms with Gasteiger partial charge in [-0.3, -0.25) is 13.7 Å². The molecule has 42 heavy (non-hydrogen) atoms. The van der Waals surface area contributed by atoms with Gasteiger partial charge >= 0.3 is 5.97 Å². The maximum absolute atomic E-state index is 12.0. The van der Waals surface area contributed by atoms with E-state index in [1.54, 1.807) is 0 Å². The molecule has 0 aliphatic heterocycles. The van der Waals surface area contributed by atoms with E-state index < -0.39 is 68.5 Å². The third kappa shape index (κ3) is 6.46. The Balaban J connectivity index is 1.79. The first-order valence-corrected chi connectivity index (χ1v) is 15.3. The van der Waals surface area contributed by atoms with Crippen LogP contribution >= 0.6 is 0 Å². The number of carboxylic acids is 1. The molecule has 0 heterocycles. The summed E-state index contributed by atoms with van der Waals surface area (Å²) >= 11 is 0. The smallest absolute Gasteiger partial charge is 0.338 e. The van der Waals surface area contributed by atoms with Crippen LogP contribution in [-0.2, 0) is 30.4 Å². The molecule has 0 aliphatic carbocycles. The van der Waals surface area contributed by atoms with Gasteiger partial charge in [-0.05, 0) is 60.0 Å². The predicted octanol–water partition coefficient (Wildman–Crippen LogP) is 4.81. The topological polar surface area (TPSA) is 270 Å². The number of nitrogens with zero attached hydrogens (tertiary/aromatic N) is 4. The molecule has 0 radical (unpaired) electrons. The van der Waals surface area contributed by atoms with Gasteiger partial charge < -0.3 is 10.2 Å². The minimum Gasteiger partial charge on any atom is -0.505 e. The normalized spacial score (nSPS) is 12.8. The second-order valence-corrected chi connectivity index (χ2v) is 12.5. The van der Waals surface area contributed by atoms with Crippen LogP contribution in [0.15, 0.2) is 102 Å². The minimum atomic E-state index is -5.09. The van der Waals surface area contributed by atoms with Crippen molar-refractivity contribution in [1.82, 2.24) is 0 Å². The van der Waals surface area contributed by atoms with Gasteiger partial charge in [0.05, 0.1) is 21.8 Å². The Kier molecular flexibility index (Phi) is 7.91. The van der Waals surface area contributed by atoms with Crippen molar-refractivity contribution in [3.63, 3.8) is 0 Å². The maximum Gasteiger partial charge on any atom is 0.338 e. The Morgan fingerprint density at radius 2 is 1.24 bits per heavy atom. The summed E-state index contributed by atoms with van der Waals surface area (Å²) in [6.07, 6.45) is 0. The largest absolute Gasteiger partial charge is 0.505 e. The van der Waals surface area contributed by atoms with E-state index in [1.807, 2.05) is 0 Å². The van der Waals surface area contributed by atoms with E-state index >= 15 is 0 Å². The second kappa shape index (κ2) is 11.0. The van der Waals surface area contributed by atoms with Crippen molar-refractivity contribution in [2.24, 2.45) is 20.5 Å². The van der Waals surface area contributed by atoms with Gasteiger partial charge in [-0.25, -0.2) is 4.79 Å². The van der Waals surface area contributed by atoms with Crippen LogP contribution in [0.5, 0.6) is 5.75 Å². The summed E-state index contributed by atoms with van der Waals surface area (Å²) in [5.74, 6) is -2.63. The molecule has 4 aromatic rings. The van der Waals surface area contributed by atoms with Crippen molar-refractivity contribution < 1.29 is 53.9 Å². The fourth-order valence-electron chi connectivity index (χ4n) is 3.62. The van der Waals surface area contributed by atoms with Crippen molar-refractivity contribution in [2.75, 3.05) is 0 Å². The van der Waals surface area contributed by atoms with E-state index in [9.17, 15) is 49.4 Å². The number of azo groups is 2. The summed E-state index contributed by atoms with van der Waals surface area (Å²) in [5.41, 5.74) is -1.73. The monoisotopic (exact) mass is 636 g/mol.